The van der Waals surface area contributed by atoms with Crippen LogP contribution in [0.15, 0.2) is 11.8 Å². The zero-order chi connectivity index (χ0) is 9.52. The molecule has 1 fully saturated rings. The standard InChI is InChI=1S/C9H11N3O/c10-4-8(5-11)6-12-7-9-2-1-3-13-9/h6,9,12H,1-3,7H2. The smallest absolute Gasteiger partial charge is 0.145 e. The monoisotopic (exact) mass is 177 g/mol. The molecule has 0 aromatic heterocycles. The van der Waals surface area contributed by atoms with Crippen molar-refractivity contribution in [2.75, 3.05) is 13.2 Å². The molecule has 0 spiro atoms. The van der Waals surface area contributed by atoms with Gasteiger partial charge in [0.05, 0.1) is 6.10 Å². The van der Waals surface area contributed by atoms with E-state index in [0.717, 1.165) is 19.4 Å². The number of nitriles is 2. The fraction of sp³-hybridized carbons (Fsp3) is 0.556. The summed E-state index contributed by atoms with van der Waals surface area (Å²) in [5.74, 6) is 0. The first-order valence-electron chi connectivity index (χ1n) is 4.22. The Bertz CT molecular complexity index is 250. The predicted molar refractivity (Wildman–Crippen MR) is 46.3 cm³/mol. The molecule has 68 valence electrons. The maximum absolute atomic E-state index is 8.41. The number of allylic oxidation sites excluding steroid dienone is 1. The summed E-state index contributed by atoms with van der Waals surface area (Å²) in [5.41, 5.74) is 0.0954. The van der Waals surface area contributed by atoms with Crippen LogP contribution in [0.1, 0.15) is 12.8 Å². The Balaban J connectivity index is 2.23. The number of rotatable bonds is 3. The first-order valence-corrected chi connectivity index (χ1v) is 4.22. The molecule has 0 saturated carbocycles. The minimum absolute atomic E-state index is 0.0954. The van der Waals surface area contributed by atoms with Crippen LogP contribution in [0.4, 0.5) is 0 Å². The van der Waals surface area contributed by atoms with E-state index in [9.17, 15) is 0 Å². The van der Waals surface area contributed by atoms with Crippen molar-refractivity contribution in [3.05, 3.63) is 11.8 Å². The van der Waals surface area contributed by atoms with Crippen molar-refractivity contribution in [2.24, 2.45) is 0 Å². The average molecular weight is 177 g/mol. The lowest BCUT2D eigenvalue weighted by Gasteiger charge is -2.07. The highest BCUT2D eigenvalue weighted by molar-refractivity contribution is 5.34. The average Bonchev–Trinajstić information content (AvgIpc) is 2.65. The van der Waals surface area contributed by atoms with Gasteiger partial charge in [0.15, 0.2) is 0 Å². The van der Waals surface area contributed by atoms with Gasteiger partial charge in [-0.2, -0.15) is 10.5 Å². The quantitative estimate of drug-likeness (QED) is 0.644. The van der Waals surface area contributed by atoms with Crippen molar-refractivity contribution in [3.63, 3.8) is 0 Å². The Kier molecular flexibility index (Phi) is 3.81. The van der Waals surface area contributed by atoms with Crippen LogP contribution in [0.3, 0.4) is 0 Å². The summed E-state index contributed by atoms with van der Waals surface area (Å²) in [6.45, 7) is 1.49. The number of hydrogen-bond acceptors (Lipinski definition) is 4. The van der Waals surface area contributed by atoms with Crippen LogP contribution in [0, 0.1) is 22.7 Å². The Morgan fingerprint density at radius 2 is 2.31 bits per heavy atom. The van der Waals surface area contributed by atoms with Gasteiger partial charge < -0.3 is 10.1 Å². The normalized spacial score (nSPS) is 20.0. The van der Waals surface area contributed by atoms with E-state index < -0.39 is 0 Å². The molecule has 0 radical (unpaired) electrons. The molecule has 1 atom stereocenters. The van der Waals surface area contributed by atoms with Crippen molar-refractivity contribution in [3.8, 4) is 12.1 Å². The lowest BCUT2D eigenvalue weighted by atomic mass is 10.2. The molecule has 1 heterocycles. The molecule has 0 bridgehead atoms. The minimum atomic E-state index is 0.0954. The van der Waals surface area contributed by atoms with E-state index >= 15 is 0 Å². The zero-order valence-electron chi connectivity index (χ0n) is 7.29. The molecule has 1 rings (SSSR count). The maximum atomic E-state index is 8.41. The van der Waals surface area contributed by atoms with E-state index in [2.05, 4.69) is 5.32 Å². The van der Waals surface area contributed by atoms with E-state index in [1.165, 1.54) is 6.20 Å². The fourth-order valence-corrected chi connectivity index (χ4v) is 1.19. The molecule has 4 nitrogen and oxygen atoms in total. The van der Waals surface area contributed by atoms with Gasteiger partial charge >= 0.3 is 0 Å². The molecule has 1 N–H and O–H groups in total. The fourth-order valence-electron chi connectivity index (χ4n) is 1.19. The van der Waals surface area contributed by atoms with Crippen LogP contribution < -0.4 is 5.32 Å². The Morgan fingerprint density at radius 1 is 1.54 bits per heavy atom. The van der Waals surface area contributed by atoms with Crippen molar-refractivity contribution >= 4 is 0 Å². The molecule has 13 heavy (non-hydrogen) atoms. The second-order valence-electron chi connectivity index (χ2n) is 2.82. The van der Waals surface area contributed by atoms with Crippen LogP contribution >= 0.6 is 0 Å². The summed E-state index contributed by atoms with van der Waals surface area (Å²) in [4.78, 5) is 0. The van der Waals surface area contributed by atoms with Crippen LogP contribution in [0.25, 0.3) is 0 Å². The Hall–Kier alpha value is -1.52. The second-order valence-corrected chi connectivity index (χ2v) is 2.82. The highest BCUT2D eigenvalue weighted by atomic mass is 16.5. The van der Waals surface area contributed by atoms with Gasteiger partial charge in [-0.15, -0.1) is 0 Å². The zero-order valence-corrected chi connectivity index (χ0v) is 7.29. The molecular formula is C9H11N3O. The highest BCUT2D eigenvalue weighted by Gasteiger charge is 2.13. The Labute approximate surface area is 77.4 Å². The SMILES string of the molecule is N#CC(C#N)=CNCC1CCCO1. The first kappa shape index (κ1) is 9.57. The van der Waals surface area contributed by atoms with E-state index in [1.54, 1.807) is 12.1 Å². The van der Waals surface area contributed by atoms with E-state index in [1.807, 2.05) is 0 Å². The molecule has 0 aromatic carbocycles. The third kappa shape index (κ3) is 3.14. The van der Waals surface area contributed by atoms with Crippen LogP contribution in [0.2, 0.25) is 0 Å². The third-order valence-electron chi connectivity index (χ3n) is 1.86. The lowest BCUT2D eigenvalue weighted by molar-refractivity contribution is 0.113. The van der Waals surface area contributed by atoms with E-state index in [4.69, 9.17) is 15.3 Å². The topological polar surface area (TPSA) is 68.8 Å². The van der Waals surface area contributed by atoms with Gasteiger partial charge in [-0.25, -0.2) is 0 Å². The predicted octanol–water partition coefficient (Wildman–Crippen LogP) is 0.686. The Morgan fingerprint density at radius 3 is 2.85 bits per heavy atom. The van der Waals surface area contributed by atoms with Gasteiger partial charge in [0.1, 0.15) is 17.7 Å². The molecule has 0 amide bonds. The van der Waals surface area contributed by atoms with E-state index in [-0.39, 0.29) is 11.7 Å². The van der Waals surface area contributed by atoms with Crippen LogP contribution in [-0.4, -0.2) is 19.3 Å². The molecule has 1 saturated heterocycles. The molecular weight excluding hydrogens is 166 g/mol. The summed E-state index contributed by atoms with van der Waals surface area (Å²) in [6, 6.07) is 3.55. The van der Waals surface area contributed by atoms with Gasteiger partial charge in [-0.1, -0.05) is 0 Å². The van der Waals surface area contributed by atoms with Crippen molar-refractivity contribution in [2.45, 2.75) is 18.9 Å². The highest BCUT2D eigenvalue weighted by Crippen LogP contribution is 2.10. The summed E-state index contributed by atoms with van der Waals surface area (Å²) in [5, 5.41) is 19.7. The lowest BCUT2D eigenvalue weighted by Crippen LogP contribution is -2.22. The number of hydrogen-bond donors (Lipinski definition) is 1. The van der Waals surface area contributed by atoms with Crippen LogP contribution in [-0.2, 0) is 4.74 Å². The van der Waals surface area contributed by atoms with Crippen molar-refractivity contribution in [1.82, 2.24) is 5.32 Å². The van der Waals surface area contributed by atoms with E-state index in [0.29, 0.717) is 6.54 Å². The molecule has 4 heteroatoms. The molecule has 0 aromatic rings. The van der Waals surface area contributed by atoms with Gasteiger partial charge in [-0.3, -0.25) is 0 Å². The molecule has 1 unspecified atom stereocenters. The first-order chi connectivity index (χ1) is 6.36. The van der Waals surface area contributed by atoms with Crippen molar-refractivity contribution in [1.29, 1.82) is 10.5 Å². The summed E-state index contributed by atoms with van der Waals surface area (Å²) in [7, 11) is 0. The maximum Gasteiger partial charge on any atom is 0.145 e. The van der Waals surface area contributed by atoms with Gasteiger partial charge in [0.25, 0.3) is 0 Å². The minimum Gasteiger partial charge on any atom is -0.387 e. The van der Waals surface area contributed by atoms with Gasteiger partial charge in [-0.05, 0) is 12.8 Å². The summed E-state index contributed by atoms with van der Waals surface area (Å²) >= 11 is 0. The van der Waals surface area contributed by atoms with Gasteiger partial charge in [0.2, 0.25) is 0 Å². The molecule has 1 aliphatic heterocycles. The van der Waals surface area contributed by atoms with Crippen LogP contribution in [0.5, 0.6) is 0 Å². The number of nitrogens with zero attached hydrogens (tertiary/aromatic N) is 2. The largest absolute Gasteiger partial charge is 0.387 e. The summed E-state index contributed by atoms with van der Waals surface area (Å²) < 4.78 is 5.34. The number of ether oxygens (including phenoxy) is 1. The second kappa shape index (κ2) is 5.18. The third-order valence-corrected chi connectivity index (χ3v) is 1.86. The number of nitrogens with one attached hydrogen (secondary N) is 1. The van der Waals surface area contributed by atoms with Crippen molar-refractivity contribution < 1.29 is 4.74 Å². The molecule has 0 aliphatic carbocycles. The summed E-state index contributed by atoms with van der Waals surface area (Å²) in [6.07, 6.45) is 3.81. The van der Waals surface area contributed by atoms with Gasteiger partial charge in [0, 0.05) is 19.4 Å². The molecule has 1 aliphatic rings.